The minimum Gasteiger partial charge on any atom is -0.392 e. The molecule has 0 spiro atoms. The third-order valence-corrected chi connectivity index (χ3v) is 10.7. The van der Waals surface area contributed by atoms with E-state index in [1.54, 1.807) is 0 Å². The summed E-state index contributed by atoms with van der Waals surface area (Å²) in [5, 5.41) is 16.1. The number of carbonyl (C=O) groups is 1. The van der Waals surface area contributed by atoms with Gasteiger partial charge >= 0.3 is 6.03 Å². The van der Waals surface area contributed by atoms with Crippen LogP contribution in [-0.2, 0) is 29.2 Å². The minimum absolute atomic E-state index is 0.00680. The van der Waals surface area contributed by atoms with Crippen molar-refractivity contribution < 1.29 is 19.4 Å². The highest BCUT2D eigenvalue weighted by atomic mass is 16.7. The van der Waals surface area contributed by atoms with Crippen molar-refractivity contribution in [2.45, 2.75) is 88.7 Å². The Hall–Kier alpha value is -3.72. The fourth-order valence-corrected chi connectivity index (χ4v) is 8.93. The van der Waals surface area contributed by atoms with E-state index in [1.807, 2.05) is 73.1 Å². The van der Waals surface area contributed by atoms with Crippen LogP contribution in [0.3, 0.4) is 0 Å². The zero-order valence-corrected chi connectivity index (χ0v) is 25.6. The molecule has 8 heteroatoms. The molecule has 4 aromatic rings. The van der Waals surface area contributed by atoms with E-state index in [9.17, 15) is 9.90 Å². The number of nitrogens with zero attached hydrogens (tertiary/aromatic N) is 2. The molecule has 3 N–H and O–H groups in total. The molecule has 2 heterocycles. The molecule has 1 aliphatic heterocycles. The van der Waals surface area contributed by atoms with Gasteiger partial charge in [-0.3, -0.25) is 0 Å². The number of fused-ring (bicyclic) bond motifs is 1. The van der Waals surface area contributed by atoms with Gasteiger partial charge in [-0.1, -0.05) is 60.7 Å². The highest BCUT2D eigenvalue weighted by molar-refractivity contribution is 5.75. The molecule has 4 bridgehead atoms. The van der Waals surface area contributed by atoms with E-state index >= 15 is 0 Å². The molecule has 1 saturated heterocycles. The Labute approximate surface area is 264 Å². The Morgan fingerprint density at radius 2 is 1.51 bits per heavy atom. The van der Waals surface area contributed by atoms with Gasteiger partial charge in [-0.05, 0) is 85.1 Å². The molecular weight excluding hydrogens is 564 g/mol. The van der Waals surface area contributed by atoms with Gasteiger partial charge in [0.1, 0.15) is 0 Å². The number of aromatic nitrogens is 2. The topological polar surface area (TPSA) is 97.6 Å². The Morgan fingerprint density at radius 3 is 2.22 bits per heavy atom. The number of ether oxygens (including phenoxy) is 2. The summed E-state index contributed by atoms with van der Waals surface area (Å²) in [5.41, 5.74) is 5.96. The van der Waals surface area contributed by atoms with Crippen molar-refractivity contribution in [2.75, 3.05) is 0 Å². The number of benzene rings is 3. The van der Waals surface area contributed by atoms with Crippen LogP contribution in [0.4, 0.5) is 4.79 Å². The van der Waals surface area contributed by atoms with Crippen LogP contribution < -0.4 is 10.6 Å². The van der Waals surface area contributed by atoms with Gasteiger partial charge in [0.05, 0.1) is 42.7 Å². The van der Waals surface area contributed by atoms with Crippen molar-refractivity contribution in [3.63, 3.8) is 0 Å². The van der Waals surface area contributed by atoms with E-state index in [4.69, 9.17) is 9.47 Å². The van der Waals surface area contributed by atoms with Crippen molar-refractivity contribution >= 4 is 17.1 Å². The van der Waals surface area contributed by atoms with Crippen LogP contribution >= 0.6 is 0 Å². The second-order valence-corrected chi connectivity index (χ2v) is 14.0. The van der Waals surface area contributed by atoms with Crippen LogP contribution in [0.15, 0.2) is 79.1 Å². The summed E-state index contributed by atoms with van der Waals surface area (Å²) in [7, 11) is 0. The molecule has 4 saturated carbocycles. The lowest BCUT2D eigenvalue weighted by Gasteiger charge is -2.56. The van der Waals surface area contributed by atoms with Crippen LogP contribution in [0.25, 0.3) is 11.0 Å². The second kappa shape index (κ2) is 11.9. The van der Waals surface area contributed by atoms with E-state index in [2.05, 4.69) is 26.3 Å². The van der Waals surface area contributed by atoms with E-state index < -0.39 is 6.29 Å². The molecule has 5 fully saturated rings. The van der Waals surface area contributed by atoms with Crippen molar-refractivity contribution in [2.24, 2.45) is 17.8 Å². The lowest BCUT2D eigenvalue weighted by atomic mass is 9.53. The summed E-state index contributed by atoms with van der Waals surface area (Å²) in [6.45, 7) is 1.15. The molecule has 1 aromatic heterocycles. The van der Waals surface area contributed by atoms with Gasteiger partial charge in [0.2, 0.25) is 0 Å². The zero-order valence-electron chi connectivity index (χ0n) is 25.6. The predicted octanol–water partition coefficient (Wildman–Crippen LogP) is 6.54. The summed E-state index contributed by atoms with van der Waals surface area (Å²) in [6.07, 6.45) is 9.30. The van der Waals surface area contributed by atoms with Crippen LogP contribution in [0.2, 0.25) is 0 Å². The summed E-state index contributed by atoms with van der Waals surface area (Å²) < 4.78 is 15.3. The monoisotopic (exact) mass is 606 g/mol. The average molecular weight is 607 g/mol. The number of rotatable bonds is 8. The Balaban J connectivity index is 0.942. The van der Waals surface area contributed by atoms with Crippen LogP contribution in [-0.4, -0.2) is 32.3 Å². The van der Waals surface area contributed by atoms with Crippen molar-refractivity contribution in [3.8, 4) is 0 Å². The van der Waals surface area contributed by atoms with Gasteiger partial charge < -0.3 is 29.8 Å². The summed E-state index contributed by atoms with van der Waals surface area (Å²) in [6, 6.07) is 24.2. The molecule has 4 aliphatic carbocycles. The smallest absolute Gasteiger partial charge is 0.315 e. The van der Waals surface area contributed by atoms with Gasteiger partial charge in [-0.2, -0.15) is 0 Å². The van der Waals surface area contributed by atoms with Gasteiger partial charge in [-0.15, -0.1) is 0 Å². The summed E-state index contributed by atoms with van der Waals surface area (Å²) in [4.78, 5) is 17.6. The third kappa shape index (κ3) is 5.99. The fraction of sp³-hybridized carbons (Fsp3) is 0.459. The Kier molecular flexibility index (Phi) is 7.60. The lowest BCUT2D eigenvalue weighted by molar-refractivity contribution is -0.252. The number of aliphatic hydroxyl groups excluding tert-OH is 1. The number of nitrogens with one attached hydrogen (secondary N) is 2. The van der Waals surface area contributed by atoms with Crippen molar-refractivity contribution in [3.05, 3.63) is 101 Å². The first kappa shape index (κ1) is 28.7. The molecule has 0 unspecified atom stereocenters. The van der Waals surface area contributed by atoms with Gasteiger partial charge in [-0.25, -0.2) is 9.78 Å². The first-order valence-corrected chi connectivity index (χ1v) is 16.6. The number of hydrogen-bond acceptors (Lipinski definition) is 5. The molecule has 45 heavy (non-hydrogen) atoms. The molecule has 5 aliphatic rings. The van der Waals surface area contributed by atoms with Crippen LogP contribution in [0, 0.1) is 17.8 Å². The van der Waals surface area contributed by atoms with Gasteiger partial charge in [0, 0.05) is 24.1 Å². The number of hydrogen-bond donors (Lipinski definition) is 3. The third-order valence-electron chi connectivity index (χ3n) is 10.7. The van der Waals surface area contributed by atoms with E-state index in [1.165, 1.54) is 19.3 Å². The molecule has 3 atom stereocenters. The SMILES string of the molecule is O=C(NCc1ccc([C@@H]2O[C@H](Cn3cnc4ccccc43)C[C@H](c3ccc(CO)cc3)O2)cc1)NC12CC3CC(CC(C3)C1)C2. The molecule has 9 rings (SSSR count). The van der Waals surface area contributed by atoms with Crippen molar-refractivity contribution in [1.82, 2.24) is 20.2 Å². The molecule has 234 valence electrons. The maximum atomic E-state index is 13.0. The number of carbonyl (C=O) groups excluding carboxylic acids is 1. The first-order chi connectivity index (χ1) is 22.0. The highest BCUT2D eigenvalue weighted by Crippen LogP contribution is 2.55. The van der Waals surface area contributed by atoms with Crippen molar-refractivity contribution in [1.29, 1.82) is 0 Å². The average Bonchev–Trinajstić information content (AvgIpc) is 3.45. The van der Waals surface area contributed by atoms with Crippen LogP contribution in [0.5, 0.6) is 0 Å². The maximum absolute atomic E-state index is 13.0. The normalized spacial score (nSPS) is 30.4. The second-order valence-electron chi connectivity index (χ2n) is 14.0. The quantitative estimate of drug-likeness (QED) is 0.212. The molecular formula is C37H42N4O4. The van der Waals surface area contributed by atoms with E-state index in [-0.39, 0.29) is 30.4 Å². The number of imidazole rings is 1. The van der Waals surface area contributed by atoms with Crippen LogP contribution in [0.1, 0.15) is 79.6 Å². The highest BCUT2D eigenvalue weighted by Gasteiger charge is 2.51. The molecule has 0 radical (unpaired) electrons. The number of para-hydroxylation sites is 2. The molecule has 2 amide bonds. The molecule has 8 nitrogen and oxygen atoms in total. The molecule has 3 aromatic carbocycles. The lowest BCUT2D eigenvalue weighted by Crippen LogP contribution is -2.61. The Bertz CT molecular complexity index is 1610. The number of amides is 2. The largest absolute Gasteiger partial charge is 0.392 e. The number of aliphatic hydroxyl groups is 1. The minimum atomic E-state index is -0.539. The van der Waals surface area contributed by atoms with E-state index in [0.717, 1.165) is 70.3 Å². The Morgan fingerprint density at radius 1 is 0.844 bits per heavy atom. The summed E-state index contributed by atoms with van der Waals surface area (Å²) >= 11 is 0. The first-order valence-electron chi connectivity index (χ1n) is 16.6. The fourth-order valence-electron chi connectivity index (χ4n) is 8.93. The maximum Gasteiger partial charge on any atom is 0.315 e. The zero-order chi connectivity index (χ0) is 30.4. The van der Waals surface area contributed by atoms with E-state index in [0.29, 0.717) is 19.5 Å². The predicted molar refractivity (Wildman–Crippen MR) is 171 cm³/mol. The summed E-state index contributed by atoms with van der Waals surface area (Å²) in [5.74, 6) is 2.39. The standard InChI is InChI=1S/C37H42N4O4/c42-22-25-7-9-29(10-8-25)34-16-31(21-41-23-39-32-3-1-2-4-33(32)41)44-35(45-34)30-11-5-24(6-12-30)20-38-36(43)40-37-17-26-13-27(18-37)15-28(14-26)19-37/h1-12,23,26-28,31,34-35,42H,13-22H2,(H2,38,40,43)/t26?,27?,28?,31-,34+,35+,37?/m0/s1. The van der Waals surface area contributed by atoms with Gasteiger partial charge in [0.15, 0.2) is 6.29 Å². The number of urea groups is 1. The van der Waals surface area contributed by atoms with Gasteiger partial charge in [0.25, 0.3) is 0 Å².